The Balaban J connectivity index is 0. The molecule has 0 saturated carbocycles. The molecule has 182 valence electrons. The lowest BCUT2D eigenvalue weighted by atomic mass is 9.84. The van der Waals surface area contributed by atoms with Crippen molar-refractivity contribution in [2.75, 3.05) is 6.73 Å². The summed E-state index contributed by atoms with van der Waals surface area (Å²) < 4.78 is 5.11. The van der Waals surface area contributed by atoms with Gasteiger partial charge in [0.15, 0.2) is 6.73 Å². The summed E-state index contributed by atoms with van der Waals surface area (Å²) in [5.41, 5.74) is 1.54. The van der Waals surface area contributed by atoms with Crippen LogP contribution in [0.2, 0.25) is 0 Å². The Labute approximate surface area is 199 Å². The first-order valence-electron chi connectivity index (χ1n) is 11.3. The standard InChI is InChI=1S/C17H25NO.C11H21NO.H2/c1-16(2,3)14(15(19)18-17(4,5)6)12-13-10-8-7-9-11-13;1-10(2,3)7-8-13-9-12-11(4,5)6;/h7-12H,1-6H3,(H,18,19);12H,9H2,1-6H3;1H/b14-12-;;. The number of ether oxygens (including phenoxy) is 1. The molecule has 1 aromatic carbocycles. The van der Waals surface area contributed by atoms with Gasteiger partial charge in [0.2, 0.25) is 5.91 Å². The second kappa shape index (κ2) is 12.1. The van der Waals surface area contributed by atoms with Gasteiger partial charge in [-0.05, 0) is 79.4 Å². The van der Waals surface area contributed by atoms with E-state index < -0.39 is 0 Å². The second-order valence-corrected chi connectivity index (χ2v) is 12.1. The maximum atomic E-state index is 12.4. The number of rotatable bonds is 4. The average molecular weight is 445 g/mol. The van der Waals surface area contributed by atoms with Gasteiger partial charge < -0.3 is 10.1 Å². The molecule has 0 fully saturated rings. The molecule has 0 bridgehead atoms. The Morgan fingerprint density at radius 3 is 1.84 bits per heavy atom. The van der Waals surface area contributed by atoms with Crippen LogP contribution < -0.4 is 10.6 Å². The lowest BCUT2D eigenvalue weighted by molar-refractivity contribution is -0.119. The highest BCUT2D eigenvalue weighted by molar-refractivity contribution is 5.99. The zero-order chi connectivity index (χ0) is 25.2. The number of carbonyl (C=O) groups is 1. The van der Waals surface area contributed by atoms with E-state index in [9.17, 15) is 4.79 Å². The van der Waals surface area contributed by atoms with Crippen LogP contribution in [0.3, 0.4) is 0 Å². The third kappa shape index (κ3) is 16.4. The fraction of sp³-hybridized carbons (Fsp3) is 0.607. The van der Waals surface area contributed by atoms with Gasteiger partial charge in [-0.2, -0.15) is 0 Å². The maximum absolute atomic E-state index is 12.4. The molecule has 0 heterocycles. The van der Waals surface area contributed by atoms with Crippen LogP contribution in [-0.4, -0.2) is 23.7 Å². The molecule has 0 saturated heterocycles. The zero-order valence-corrected chi connectivity index (χ0v) is 22.5. The highest BCUT2D eigenvalue weighted by Gasteiger charge is 2.26. The van der Waals surface area contributed by atoms with Crippen molar-refractivity contribution >= 4 is 12.0 Å². The van der Waals surface area contributed by atoms with Crippen LogP contribution in [0.5, 0.6) is 0 Å². The van der Waals surface area contributed by atoms with Crippen LogP contribution in [0.25, 0.3) is 6.08 Å². The Kier molecular flexibility index (Phi) is 11.3. The van der Waals surface area contributed by atoms with Crippen LogP contribution in [0, 0.1) is 22.9 Å². The molecule has 0 unspecified atom stereocenters. The molecule has 0 spiro atoms. The summed E-state index contributed by atoms with van der Waals surface area (Å²) in [5, 5.41) is 6.22. The Hall–Kier alpha value is -2.25. The third-order valence-corrected chi connectivity index (χ3v) is 3.82. The van der Waals surface area contributed by atoms with Crippen LogP contribution in [0.15, 0.2) is 35.9 Å². The number of hydrogen-bond acceptors (Lipinski definition) is 3. The van der Waals surface area contributed by atoms with Gasteiger partial charge in [-0.25, -0.2) is 0 Å². The Morgan fingerprint density at radius 1 is 0.906 bits per heavy atom. The molecular formula is C28H48N2O2. The lowest BCUT2D eigenvalue weighted by Gasteiger charge is -2.27. The van der Waals surface area contributed by atoms with E-state index in [1.807, 2.05) is 57.2 Å². The molecule has 0 atom stereocenters. The molecule has 0 aliphatic heterocycles. The summed E-state index contributed by atoms with van der Waals surface area (Å²) in [6.45, 7) is 25.1. The summed E-state index contributed by atoms with van der Waals surface area (Å²) in [6.07, 6.45) is 4.66. The van der Waals surface area contributed by atoms with Crippen molar-refractivity contribution < 1.29 is 11.0 Å². The number of benzene rings is 1. The monoisotopic (exact) mass is 444 g/mol. The van der Waals surface area contributed by atoms with E-state index in [-0.39, 0.29) is 29.2 Å². The molecule has 2 N–H and O–H groups in total. The van der Waals surface area contributed by atoms with E-state index in [4.69, 9.17) is 4.74 Å². The van der Waals surface area contributed by atoms with Gasteiger partial charge in [-0.15, -0.1) is 0 Å². The van der Waals surface area contributed by atoms with Gasteiger partial charge in [-0.1, -0.05) is 57.0 Å². The van der Waals surface area contributed by atoms with Crippen LogP contribution in [-0.2, 0) is 9.53 Å². The van der Waals surface area contributed by atoms with Crippen molar-refractivity contribution in [1.82, 2.24) is 10.6 Å². The van der Waals surface area contributed by atoms with E-state index in [2.05, 4.69) is 85.0 Å². The number of amides is 1. The molecule has 0 aliphatic carbocycles. The molecule has 1 amide bonds. The predicted molar refractivity (Wildman–Crippen MR) is 140 cm³/mol. The van der Waals surface area contributed by atoms with E-state index >= 15 is 0 Å². The SMILES string of the molecule is CC(C)(C)C#COCNC(C)(C)C.CC(C)(C)NC(=O)/C(=C/c1ccccc1)C(C)(C)C.[HH]. The molecule has 4 heteroatoms. The molecule has 0 radical (unpaired) electrons. The summed E-state index contributed by atoms with van der Waals surface area (Å²) in [4.78, 5) is 12.4. The number of carbonyl (C=O) groups excluding carboxylic acids is 1. The van der Waals surface area contributed by atoms with Crippen molar-refractivity contribution in [3.05, 3.63) is 41.5 Å². The van der Waals surface area contributed by atoms with Crippen molar-refractivity contribution in [2.45, 2.75) is 94.2 Å². The lowest BCUT2D eigenvalue weighted by Crippen LogP contribution is -2.43. The normalized spacial score (nSPS) is 12.7. The van der Waals surface area contributed by atoms with Crippen molar-refractivity contribution in [3.8, 4) is 12.0 Å². The zero-order valence-electron chi connectivity index (χ0n) is 22.5. The molecule has 0 aromatic heterocycles. The summed E-state index contributed by atoms with van der Waals surface area (Å²) in [5.74, 6) is 3.00. The van der Waals surface area contributed by atoms with Gasteiger partial charge in [0.1, 0.15) is 6.11 Å². The largest absolute Gasteiger partial charge is 0.431 e. The fourth-order valence-electron chi connectivity index (χ4n) is 2.22. The quantitative estimate of drug-likeness (QED) is 0.237. The molecular weight excluding hydrogens is 396 g/mol. The van der Waals surface area contributed by atoms with Gasteiger partial charge in [0, 0.05) is 23.5 Å². The van der Waals surface area contributed by atoms with Gasteiger partial charge in [0.05, 0.1) is 0 Å². The molecule has 1 rings (SSSR count). The second-order valence-electron chi connectivity index (χ2n) is 12.1. The minimum Gasteiger partial charge on any atom is -0.431 e. The van der Waals surface area contributed by atoms with E-state index in [0.717, 1.165) is 11.1 Å². The first-order valence-corrected chi connectivity index (χ1v) is 11.3. The molecule has 32 heavy (non-hydrogen) atoms. The summed E-state index contributed by atoms with van der Waals surface area (Å²) >= 11 is 0. The summed E-state index contributed by atoms with van der Waals surface area (Å²) in [7, 11) is 0. The molecule has 1 aromatic rings. The highest BCUT2D eigenvalue weighted by Crippen LogP contribution is 2.28. The van der Waals surface area contributed by atoms with Crippen LogP contribution in [0.1, 0.15) is 90.1 Å². The van der Waals surface area contributed by atoms with Crippen molar-refractivity contribution in [1.29, 1.82) is 0 Å². The first kappa shape index (κ1) is 29.8. The summed E-state index contributed by atoms with van der Waals surface area (Å²) in [6, 6.07) is 9.96. The van der Waals surface area contributed by atoms with Crippen LogP contribution >= 0.6 is 0 Å². The maximum Gasteiger partial charge on any atom is 0.248 e. The van der Waals surface area contributed by atoms with Crippen molar-refractivity contribution in [2.24, 2.45) is 10.8 Å². The van der Waals surface area contributed by atoms with E-state index in [1.165, 1.54) is 0 Å². The molecule has 0 aliphatic rings. The van der Waals surface area contributed by atoms with Crippen LogP contribution in [0.4, 0.5) is 0 Å². The smallest absolute Gasteiger partial charge is 0.248 e. The third-order valence-electron chi connectivity index (χ3n) is 3.82. The number of nitrogens with one attached hydrogen (secondary N) is 2. The fourth-order valence-corrected chi connectivity index (χ4v) is 2.22. The predicted octanol–water partition coefficient (Wildman–Crippen LogP) is 6.63. The average Bonchev–Trinajstić information content (AvgIpc) is 2.56. The van der Waals surface area contributed by atoms with E-state index in [1.54, 1.807) is 0 Å². The topological polar surface area (TPSA) is 50.4 Å². The van der Waals surface area contributed by atoms with E-state index in [0.29, 0.717) is 6.73 Å². The molecule has 4 nitrogen and oxygen atoms in total. The van der Waals surface area contributed by atoms with Gasteiger partial charge in [-0.3, -0.25) is 10.1 Å². The highest BCUT2D eigenvalue weighted by atomic mass is 16.5. The minimum atomic E-state index is -0.224. The Bertz CT molecular complexity index is 791. The van der Waals surface area contributed by atoms with Crippen molar-refractivity contribution in [3.63, 3.8) is 0 Å². The Morgan fingerprint density at radius 2 is 1.44 bits per heavy atom. The van der Waals surface area contributed by atoms with Gasteiger partial charge in [0.25, 0.3) is 0 Å². The van der Waals surface area contributed by atoms with Gasteiger partial charge >= 0.3 is 0 Å². The first-order chi connectivity index (χ1) is 14.3. The number of hydrogen-bond donors (Lipinski definition) is 2. The minimum absolute atomic E-state index is 0.